The molecule has 2 rings (SSSR count). The van der Waals surface area contributed by atoms with Crippen LogP contribution in [0.3, 0.4) is 0 Å². The van der Waals surface area contributed by atoms with Crippen molar-refractivity contribution < 1.29 is 28.7 Å². The average molecular weight is 256 g/mol. The molecule has 0 unspecified atom stereocenters. The first-order valence-corrected chi connectivity index (χ1v) is 5.42. The van der Waals surface area contributed by atoms with Crippen molar-refractivity contribution in [2.45, 2.75) is 0 Å². The van der Waals surface area contributed by atoms with Crippen molar-refractivity contribution in [3.05, 3.63) is 46.2 Å². The summed E-state index contributed by atoms with van der Waals surface area (Å²) in [6, 6.07) is 9.10. The van der Waals surface area contributed by atoms with E-state index in [9.17, 15) is 4.79 Å². The van der Waals surface area contributed by atoms with E-state index in [4.69, 9.17) is 0 Å². The number of quaternary nitrogens is 2. The third kappa shape index (κ3) is 2.48. The van der Waals surface area contributed by atoms with E-state index in [2.05, 4.69) is 11.5 Å². The number of benzene rings is 1. The SMILES string of the molecule is [Cl-].[NH3+]c1ccc(C(=O)c2cccs2)cc1[NH3+]. The highest BCUT2D eigenvalue weighted by Crippen LogP contribution is 2.18. The van der Waals surface area contributed by atoms with E-state index in [0.29, 0.717) is 5.56 Å². The Morgan fingerprint density at radius 3 is 2.44 bits per heavy atom. The zero-order valence-corrected chi connectivity index (χ0v) is 10.1. The number of rotatable bonds is 2. The van der Waals surface area contributed by atoms with Gasteiger partial charge in [0.05, 0.1) is 4.88 Å². The molecule has 0 bridgehead atoms. The number of carbonyl (C=O) groups is 1. The van der Waals surface area contributed by atoms with Gasteiger partial charge in [0.2, 0.25) is 5.78 Å². The monoisotopic (exact) mass is 255 g/mol. The van der Waals surface area contributed by atoms with Gasteiger partial charge < -0.3 is 23.9 Å². The molecule has 84 valence electrons. The van der Waals surface area contributed by atoms with Crippen LogP contribution >= 0.6 is 11.3 Å². The molecule has 0 atom stereocenters. The molecular weight excluding hydrogens is 244 g/mol. The third-order valence-electron chi connectivity index (χ3n) is 2.21. The molecule has 0 radical (unpaired) electrons. The number of thiophene rings is 1. The molecule has 5 heteroatoms. The van der Waals surface area contributed by atoms with Crippen molar-refractivity contribution >= 4 is 28.5 Å². The lowest BCUT2D eigenvalue weighted by molar-refractivity contribution is -0.299. The van der Waals surface area contributed by atoms with Crippen molar-refractivity contribution in [3.8, 4) is 0 Å². The third-order valence-corrected chi connectivity index (χ3v) is 3.08. The Hall–Kier alpha value is -1.20. The fraction of sp³-hybridized carbons (Fsp3) is 0. The molecule has 0 saturated carbocycles. The van der Waals surface area contributed by atoms with Gasteiger partial charge in [-0.05, 0) is 17.5 Å². The average Bonchev–Trinajstić information content (AvgIpc) is 2.74. The molecule has 16 heavy (non-hydrogen) atoms. The van der Waals surface area contributed by atoms with Crippen LogP contribution in [-0.2, 0) is 0 Å². The second-order valence-corrected chi connectivity index (χ2v) is 4.24. The van der Waals surface area contributed by atoms with E-state index >= 15 is 0 Å². The molecule has 1 heterocycles. The van der Waals surface area contributed by atoms with Gasteiger partial charge in [0.25, 0.3) is 0 Å². The number of hydrogen-bond acceptors (Lipinski definition) is 2. The van der Waals surface area contributed by atoms with Crippen LogP contribution in [0.15, 0.2) is 35.7 Å². The van der Waals surface area contributed by atoms with Gasteiger partial charge in [-0.2, -0.15) is 0 Å². The molecular formula is C11H12ClN2OS+. The summed E-state index contributed by atoms with van der Waals surface area (Å²) in [5, 5.41) is 1.90. The second-order valence-electron chi connectivity index (χ2n) is 3.29. The Labute approximate surface area is 103 Å². The zero-order chi connectivity index (χ0) is 10.8. The Kier molecular flexibility index (Phi) is 4.20. The molecule has 0 aliphatic carbocycles. The highest BCUT2D eigenvalue weighted by Gasteiger charge is 2.12. The summed E-state index contributed by atoms with van der Waals surface area (Å²) >= 11 is 1.45. The molecule has 3 nitrogen and oxygen atoms in total. The first-order valence-electron chi connectivity index (χ1n) is 4.54. The van der Waals surface area contributed by atoms with Crippen molar-refractivity contribution in [3.63, 3.8) is 0 Å². The van der Waals surface area contributed by atoms with Gasteiger partial charge in [-0.25, -0.2) is 0 Å². The van der Waals surface area contributed by atoms with Crippen molar-refractivity contribution in [1.82, 2.24) is 0 Å². The molecule has 6 N–H and O–H groups in total. The number of halogens is 1. The summed E-state index contributed by atoms with van der Waals surface area (Å²) in [6.07, 6.45) is 0. The van der Waals surface area contributed by atoms with Gasteiger partial charge in [-0.15, -0.1) is 11.3 Å². The summed E-state index contributed by atoms with van der Waals surface area (Å²) in [6.45, 7) is 0. The van der Waals surface area contributed by atoms with E-state index in [1.54, 1.807) is 12.1 Å². The van der Waals surface area contributed by atoms with Crippen molar-refractivity contribution in [1.29, 1.82) is 0 Å². The topological polar surface area (TPSA) is 72.3 Å². The van der Waals surface area contributed by atoms with Crippen LogP contribution in [0.1, 0.15) is 15.2 Å². The van der Waals surface area contributed by atoms with Gasteiger partial charge in [0, 0.05) is 17.7 Å². The van der Waals surface area contributed by atoms with Crippen molar-refractivity contribution in [2.24, 2.45) is 0 Å². The lowest BCUT2D eigenvalue weighted by atomic mass is 10.1. The molecule has 1 aromatic carbocycles. The Morgan fingerprint density at radius 1 is 1.12 bits per heavy atom. The molecule has 0 saturated heterocycles. The van der Waals surface area contributed by atoms with E-state index < -0.39 is 0 Å². The van der Waals surface area contributed by atoms with Crippen LogP contribution in [0, 0.1) is 0 Å². The summed E-state index contributed by atoms with van der Waals surface area (Å²) in [7, 11) is 0. The Morgan fingerprint density at radius 2 is 1.88 bits per heavy atom. The van der Waals surface area contributed by atoms with Crippen LogP contribution in [-0.4, -0.2) is 5.78 Å². The van der Waals surface area contributed by atoms with E-state index in [1.165, 1.54) is 11.3 Å². The van der Waals surface area contributed by atoms with Gasteiger partial charge in [0.15, 0.2) is 11.4 Å². The second kappa shape index (κ2) is 5.23. The Bertz CT molecular complexity index is 497. The molecule has 0 amide bonds. The van der Waals surface area contributed by atoms with Crippen LogP contribution in [0.25, 0.3) is 0 Å². The maximum atomic E-state index is 11.9. The maximum absolute atomic E-state index is 11.9. The van der Waals surface area contributed by atoms with Gasteiger partial charge in [0.1, 0.15) is 0 Å². The highest BCUT2D eigenvalue weighted by atomic mass is 35.5. The minimum absolute atomic E-state index is 0. The molecule has 0 spiro atoms. The standard InChI is InChI=1S/C11H10N2OS.ClH/c12-8-4-3-7(6-9(8)13)11(14)10-2-1-5-15-10;/h1-6H,12-13H2;1H/p+1. The van der Waals surface area contributed by atoms with Crippen LogP contribution in [0.4, 0.5) is 11.4 Å². The number of carbonyl (C=O) groups excluding carboxylic acids is 1. The normalized spacial score (nSPS) is 9.62. The summed E-state index contributed by atoms with van der Waals surface area (Å²) in [5.74, 6) is 0.0508. The lowest BCUT2D eigenvalue weighted by Crippen LogP contribution is -3.00. The molecule has 0 aliphatic heterocycles. The van der Waals surface area contributed by atoms with Crippen LogP contribution < -0.4 is 23.9 Å². The highest BCUT2D eigenvalue weighted by molar-refractivity contribution is 7.12. The van der Waals surface area contributed by atoms with E-state index in [0.717, 1.165) is 16.3 Å². The minimum Gasteiger partial charge on any atom is -1.00 e. The molecule has 2 aromatic rings. The van der Waals surface area contributed by atoms with Crippen LogP contribution in [0.2, 0.25) is 0 Å². The smallest absolute Gasteiger partial charge is 0.203 e. The fourth-order valence-corrected chi connectivity index (χ4v) is 2.00. The number of hydrogen-bond donors (Lipinski definition) is 2. The predicted molar refractivity (Wildman–Crippen MR) is 59.3 cm³/mol. The number of ketones is 1. The molecule has 0 aliphatic rings. The predicted octanol–water partition coefficient (Wildman–Crippen LogP) is -2.27. The Balaban J connectivity index is 0.00000128. The summed E-state index contributed by atoms with van der Waals surface area (Å²) < 4.78 is 0. The van der Waals surface area contributed by atoms with Gasteiger partial charge >= 0.3 is 0 Å². The lowest BCUT2D eigenvalue weighted by Gasteiger charge is -1.98. The van der Waals surface area contributed by atoms with Crippen LogP contribution in [0.5, 0.6) is 0 Å². The molecule has 1 aromatic heterocycles. The first kappa shape index (κ1) is 12.9. The first-order chi connectivity index (χ1) is 7.18. The quantitative estimate of drug-likeness (QED) is 0.584. The van der Waals surface area contributed by atoms with Gasteiger partial charge in [-0.1, -0.05) is 6.07 Å². The fourth-order valence-electron chi connectivity index (χ4n) is 1.32. The van der Waals surface area contributed by atoms with Crippen molar-refractivity contribution in [2.75, 3.05) is 0 Å². The van der Waals surface area contributed by atoms with Gasteiger partial charge in [-0.3, -0.25) is 4.79 Å². The zero-order valence-electron chi connectivity index (χ0n) is 8.57. The van der Waals surface area contributed by atoms with E-state index in [-0.39, 0.29) is 18.2 Å². The van der Waals surface area contributed by atoms with E-state index in [1.807, 2.05) is 23.6 Å². The minimum atomic E-state index is 0. The molecule has 0 fully saturated rings. The summed E-state index contributed by atoms with van der Waals surface area (Å²) in [4.78, 5) is 12.7. The maximum Gasteiger partial charge on any atom is 0.203 e. The largest absolute Gasteiger partial charge is 1.00 e. The summed E-state index contributed by atoms with van der Waals surface area (Å²) in [5.41, 5.74) is 9.98.